The lowest BCUT2D eigenvalue weighted by Crippen LogP contribution is -2.57. The van der Waals surface area contributed by atoms with Crippen molar-refractivity contribution in [1.82, 2.24) is 4.90 Å². The summed E-state index contributed by atoms with van der Waals surface area (Å²) in [5, 5.41) is 0. The summed E-state index contributed by atoms with van der Waals surface area (Å²) in [6, 6.07) is 4.64. The van der Waals surface area contributed by atoms with Gasteiger partial charge < -0.3 is 14.4 Å². The predicted molar refractivity (Wildman–Crippen MR) is 80.4 cm³/mol. The number of amides is 1. The average molecular weight is 307 g/mol. The minimum Gasteiger partial charge on any atom is -0.377 e. The number of piperidine rings is 1. The van der Waals surface area contributed by atoms with E-state index < -0.39 is 0 Å². The number of ether oxygens (including phenoxy) is 2. The van der Waals surface area contributed by atoms with Crippen LogP contribution in [0.2, 0.25) is 0 Å². The molecule has 1 aromatic rings. The van der Waals surface area contributed by atoms with E-state index in [0.717, 1.165) is 25.9 Å². The summed E-state index contributed by atoms with van der Waals surface area (Å²) in [5.41, 5.74) is 0.689. The van der Waals surface area contributed by atoms with E-state index in [1.807, 2.05) is 0 Å². The third kappa shape index (κ3) is 2.63. The van der Waals surface area contributed by atoms with Gasteiger partial charge in [-0.1, -0.05) is 6.07 Å². The van der Waals surface area contributed by atoms with Crippen LogP contribution < -0.4 is 0 Å². The monoisotopic (exact) mass is 307 g/mol. The fraction of sp³-hybridized carbons (Fsp3) is 0.588. The fourth-order valence-corrected chi connectivity index (χ4v) is 3.50. The van der Waals surface area contributed by atoms with Gasteiger partial charge in [0.2, 0.25) is 0 Å². The van der Waals surface area contributed by atoms with Gasteiger partial charge in [-0.15, -0.1) is 0 Å². The zero-order valence-corrected chi connectivity index (χ0v) is 13.1. The van der Waals surface area contributed by atoms with Crippen LogP contribution in [0.3, 0.4) is 0 Å². The molecule has 5 heteroatoms. The van der Waals surface area contributed by atoms with Crippen LogP contribution in [-0.4, -0.2) is 49.3 Å². The van der Waals surface area contributed by atoms with E-state index >= 15 is 0 Å². The molecule has 1 spiro atoms. The fourth-order valence-electron chi connectivity index (χ4n) is 3.50. The lowest BCUT2D eigenvalue weighted by atomic mass is 9.85. The summed E-state index contributed by atoms with van der Waals surface area (Å²) >= 11 is 0. The maximum absolute atomic E-state index is 13.7. The molecule has 0 unspecified atom stereocenters. The molecule has 1 amide bonds. The van der Waals surface area contributed by atoms with E-state index in [1.165, 1.54) is 6.07 Å². The number of rotatable bonds is 2. The molecule has 120 valence electrons. The smallest absolute Gasteiger partial charge is 0.254 e. The van der Waals surface area contributed by atoms with Gasteiger partial charge in [-0.25, -0.2) is 4.39 Å². The van der Waals surface area contributed by atoms with Crippen molar-refractivity contribution in [2.45, 2.75) is 37.9 Å². The Morgan fingerprint density at radius 2 is 2.27 bits per heavy atom. The molecule has 0 saturated carbocycles. The number of benzene rings is 1. The number of likely N-dealkylation sites (tertiary alicyclic amines) is 1. The van der Waals surface area contributed by atoms with E-state index in [1.54, 1.807) is 31.1 Å². The first-order valence-corrected chi connectivity index (χ1v) is 7.78. The zero-order chi connectivity index (χ0) is 15.7. The Bertz CT molecular complexity index is 569. The van der Waals surface area contributed by atoms with Crippen molar-refractivity contribution in [3.63, 3.8) is 0 Å². The minimum atomic E-state index is -0.346. The van der Waals surface area contributed by atoms with Gasteiger partial charge in [-0.3, -0.25) is 4.79 Å². The molecule has 2 aliphatic heterocycles. The number of hydrogen-bond donors (Lipinski definition) is 0. The Balaban J connectivity index is 1.75. The Labute approximate surface area is 130 Å². The highest BCUT2D eigenvalue weighted by Gasteiger charge is 2.47. The van der Waals surface area contributed by atoms with Crippen LogP contribution in [0.15, 0.2) is 18.2 Å². The van der Waals surface area contributed by atoms with Gasteiger partial charge in [0.15, 0.2) is 0 Å². The number of aryl methyl sites for hydroxylation is 1. The normalized spacial score (nSPS) is 28.3. The molecule has 2 atom stereocenters. The van der Waals surface area contributed by atoms with Gasteiger partial charge in [0.1, 0.15) is 11.9 Å². The standard InChI is InChI=1S/C17H22FNO3/c1-12-4-5-13(10-14(12)18)16(20)19-8-7-17(6-3-9-22-17)15(11-19)21-2/h4-5,10,15H,3,6-9,11H2,1-2H3/t15-,17-/m0/s1. The number of halogens is 1. The molecule has 2 heterocycles. The molecular formula is C17H22FNO3. The Kier molecular flexibility index (Phi) is 4.19. The van der Waals surface area contributed by atoms with Crippen LogP contribution in [-0.2, 0) is 9.47 Å². The average Bonchev–Trinajstić information content (AvgIpc) is 2.99. The third-order valence-electron chi connectivity index (χ3n) is 4.90. The maximum atomic E-state index is 13.7. The molecule has 4 nitrogen and oxygen atoms in total. The third-order valence-corrected chi connectivity index (χ3v) is 4.90. The topological polar surface area (TPSA) is 38.8 Å². The van der Waals surface area contributed by atoms with Crippen LogP contribution in [0.25, 0.3) is 0 Å². The van der Waals surface area contributed by atoms with E-state index in [0.29, 0.717) is 24.2 Å². The van der Waals surface area contributed by atoms with Crippen LogP contribution in [0.1, 0.15) is 35.2 Å². The molecule has 0 radical (unpaired) electrons. The highest BCUT2D eigenvalue weighted by atomic mass is 19.1. The second-order valence-corrected chi connectivity index (χ2v) is 6.21. The van der Waals surface area contributed by atoms with Crippen molar-refractivity contribution in [2.75, 3.05) is 26.8 Å². The van der Waals surface area contributed by atoms with Gasteiger partial charge in [-0.2, -0.15) is 0 Å². The first-order valence-electron chi connectivity index (χ1n) is 7.78. The first kappa shape index (κ1) is 15.4. The molecule has 0 aromatic heterocycles. The molecule has 2 fully saturated rings. The van der Waals surface area contributed by atoms with E-state index in [9.17, 15) is 9.18 Å². The number of methoxy groups -OCH3 is 1. The molecule has 22 heavy (non-hydrogen) atoms. The molecule has 0 aliphatic carbocycles. The minimum absolute atomic E-state index is 0.122. The van der Waals surface area contributed by atoms with Crippen molar-refractivity contribution < 1.29 is 18.7 Å². The SMILES string of the molecule is CO[C@H]1CN(C(=O)c2ccc(C)c(F)c2)CC[C@@]12CCCO2. The lowest BCUT2D eigenvalue weighted by molar-refractivity contribution is -0.136. The highest BCUT2D eigenvalue weighted by Crippen LogP contribution is 2.37. The van der Waals surface area contributed by atoms with Crippen molar-refractivity contribution in [2.24, 2.45) is 0 Å². The molecule has 1 aromatic carbocycles. The highest BCUT2D eigenvalue weighted by molar-refractivity contribution is 5.94. The Hall–Kier alpha value is -1.46. The van der Waals surface area contributed by atoms with Crippen molar-refractivity contribution >= 4 is 5.91 Å². The lowest BCUT2D eigenvalue weighted by Gasteiger charge is -2.44. The summed E-state index contributed by atoms with van der Waals surface area (Å²) in [6.45, 7) is 3.56. The van der Waals surface area contributed by atoms with Crippen LogP contribution in [0, 0.1) is 12.7 Å². The predicted octanol–water partition coefficient (Wildman–Crippen LogP) is 2.54. The molecule has 0 N–H and O–H groups in total. The van der Waals surface area contributed by atoms with Gasteiger partial charge in [0.25, 0.3) is 5.91 Å². The van der Waals surface area contributed by atoms with E-state index in [2.05, 4.69) is 0 Å². The summed E-state index contributed by atoms with van der Waals surface area (Å²) in [6.07, 6.45) is 2.66. The molecule has 2 aliphatic rings. The summed E-state index contributed by atoms with van der Waals surface area (Å²) in [7, 11) is 1.66. The maximum Gasteiger partial charge on any atom is 0.254 e. The zero-order valence-electron chi connectivity index (χ0n) is 13.1. The van der Waals surface area contributed by atoms with Crippen molar-refractivity contribution in [3.8, 4) is 0 Å². The second-order valence-electron chi connectivity index (χ2n) is 6.21. The molecular weight excluding hydrogens is 285 g/mol. The largest absolute Gasteiger partial charge is 0.377 e. The summed E-state index contributed by atoms with van der Waals surface area (Å²) in [4.78, 5) is 14.3. The van der Waals surface area contributed by atoms with Gasteiger partial charge in [0, 0.05) is 32.4 Å². The Morgan fingerprint density at radius 3 is 2.91 bits per heavy atom. The van der Waals surface area contributed by atoms with E-state index in [-0.39, 0.29) is 23.4 Å². The summed E-state index contributed by atoms with van der Waals surface area (Å²) in [5.74, 6) is -0.490. The van der Waals surface area contributed by atoms with Crippen LogP contribution in [0.5, 0.6) is 0 Å². The van der Waals surface area contributed by atoms with Crippen LogP contribution >= 0.6 is 0 Å². The first-order chi connectivity index (χ1) is 10.6. The molecule has 3 rings (SSSR count). The van der Waals surface area contributed by atoms with Crippen LogP contribution in [0.4, 0.5) is 4.39 Å². The van der Waals surface area contributed by atoms with Crippen molar-refractivity contribution in [3.05, 3.63) is 35.1 Å². The Morgan fingerprint density at radius 1 is 1.45 bits per heavy atom. The summed E-state index contributed by atoms with van der Waals surface area (Å²) < 4.78 is 25.2. The number of hydrogen-bond acceptors (Lipinski definition) is 3. The van der Waals surface area contributed by atoms with E-state index in [4.69, 9.17) is 9.47 Å². The second kappa shape index (κ2) is 5.97. The number of carbonyl (C=O) groups is 1. The van der Waals surface area contributed by atoms with Gasteiger partial charge in [-0.05, 0) is 43.9 Å². The molecule has 0 bridgehead atoms. The number of carbonyl (C=O) groups excluding carboxylic acids is 1. The van der Waals surface area contributed by atoms with Gasteiger partial charge >= 0.3 is 0 Å². The quantitative estimate of drug-likeness (QED) is 0.843. The molecule has 2 saturated heterocycles. The van der Waals surface area contributed by atoms with Gasteiger partial charge in [0.05, 0.1) is 5.60 Å². The number of nitrogens with zero attached hydrogens (tertiary/aromatic N) is 1. The van der Waals surface area contributed by atoms with Crippen molar-refractivity contribution in [1.29, 1.82) is 0 Å².